The van der Waals surface area contributed by atoms with Crippen LogP contribution >= 0.6 is 15.9 Å². The minimum Gasteiger partial charge on any atom is -0.497 e. The fraction of sp³-hybridized carbons (Fsp3) is 0.333. The summed E-state index contributed by atoms with van der Waals surface area (Å²) in [7, 11) is 5.25. The molecular formula is C24H26BrN3O3. The maximum absolute atomic E-state index is 13.5. The summed E-state index contributed by atoms with van der Waals surface area (Å²) >= 11 is 3.56. The molecule has 3 aromatic rings. The molecule has 2 heterocycles. The number of nitrogens with zero attached hydrogens (tertiary/aromatic N) is 3. The lowest BCUT2D eigenvalue weighted by atomic mass is 9.91. The molecule has 1 aromatic heterocycles. The Kier molecular flexibility index (Phi) is 6.05. The molecule has 4 rings (SSSR count). The van der Waals surface area contributed by atoms with Gasteiger partial charge in [0.25, 0.3) is 5.91 Å². The van der Waals surface area contributed by atoms with Gasteiger partial charge in [0.05, 0.1) is 19.9 Å². The van der Waals surface area contributed by atoms with E-state index < -0.39 is 0 Å². The number of aromatic nitrogens is 2. The summed E-state index contributed by atoms with van der Waals surface area (Å²) in [4.78, 5) is 20.1. The molecular weight excluding hydrogens is 458 g/mol. The van der Waals surface area contributed by atoms with E-state index in [9.17, 15) is 4.79 Å². The zero-order valence-electron chi connectivity index (χ0n) is 18.2. The number of amides is 1. The van der Waals surface area contributed by atoms with Crippen molar-refractivity contribution in [2.45, 2.75) is 25.2 Å². The molecule has 2 aromatic carbocycles. The van der Waals surface area contributed by atoms with Gasteiger partial charge in [-0.1, -0.05) is 15.9 Å². The molecule has 0 bridgehead atoms. The number of imidazole rings is 1. The first-order valence-electron chi connectivity index (χ1n) is 10.2. The Morgan fingerprint density at radius 3 is 2.29 bits per heavy atom. The van der Waals surface area contributed by atoms with Crippen molar-refractivity contribution < 1.29 is 14.3 Å². The number of aryl methyl sites for hydroxylation is 2. The van der Waals surface area contributed by atoms with Crippen LogP contribution in [-0.2, 0) is 25.3 Å². The first-order valence-corrected chi connectivity index (χ1v) is 11.3. The number of halogens is 1. The van der Waals surface area contributed by atoms with Crippen LogP contribution in [-0.4, -0.2) is 41.1 Å². The Morgan fingerprint density at radius 2 is 1.71 bits per heavy atom. The smallest absolute Gasteiger partial charge is 0.254 e. The molecule has 0 unspecified atom stereocenters. The molecule has 0 N–H and O–H groups in total. The molecule has 0 saturated heterocycles. The number of hydrogen-bond acceptors (Lipinski definition) is 4. The van der Waals surface area contributed by atoms with Gasteiger partial charge in [-0.15, -0.1) is 0 Å². The fourth-order valence-electron chi connectivity index (χ4n) is 4.18. The highest BCUT2D eigenvalue weighted by molar-refractivity contribution is 9.08. The van der Waals surface area contributed by atoms with E-state index >= 15 is 0 Å². The van der Waals surface area contributed by atoms with E-state index in [-0.39, 0.29) is 5.91 Å². The van der Waals surface area contributed by atoms with Crippen molar-refractivity contribution in [1.29, 1.82) is 0 Å². The number of carbonyl (C=O) groups excluding carboxylic acids is 1. The molecule has 0 saturated carbocycles. The Labute approximate surface area is 190 Å². The second kappa shape index (κ2) is 8.75. The zero-order valence-corrected chi connectivity index (χ0v) is 19.8. The number of hydrogen-bond donors (Lipinski definition) is 0. The predicted molar refractivity (Wildman–Crippen MR) is 124 cm³/mol. The van der Waals surface area contributed by atoms with Gasteiger partial charge in [0.1, 0.15) is 17.3 Å². The van der Waals surface area contributed by atoms with Crippen molar-refractivity contribution in [3.63, 3.8) is 0 Å². The molecule has 6 nitrogen and oxygen atoms in total. The van der Waals surface area contributed by atoms with Crippen LogP contribution in [0, 0.1) is 6.92 Å². The highest BCUT2D eigenvalue weighted by Gasteiger charge is 2.28. The predicted octanol–water partition coefficient (Wildman–Crippen LogP) is 4.51. The molecule has 0 fully saturated rings. The van der Waals surface area contributed by atoms with E-state index in [1.165, 1.54) is 0 Å². The maximum atomic E-state index is 13.5. The molecule has 7 heteroatoms. The lowest BCUT2D eigenvalue weighted by Crippen LogP contribution is -2.37. The second-order valence-electron chi connectivity index (χ2n) is 7.82. The summed E-state index contributed by atoms with van der Waals surface area (Å²) in [5, 5.41) is 0.678. The van der Waals surface area contributed by atoms with Gasteiger partial charge in [-0.3, -0.25) is 4.79 Å². The van der Waals surface area contributed by atoms with Crippen LogP contribution in [0.2, 0.25) is 0 Å². The van der Waals surface area contributed by atoms with Crippen LogP contribution in [0.1, 0.15) is 32.7 Å². The molecule has 0 spiro atoms. The summed E-state index contributed by atoms with van der Waals surface area (Å²) in [5.74, 6) is 2.37. The highest BCUT2D eigenvalue weighted by Crippen LogP contribution is 2.33. The number of alkyl halides is 1. The quantitative estimate of drug-likeness (QED) is 0.484. The summed E-state index contributed by atoms with van der Waals surface area (Å²) < 4.78 is 12.8. The molecule has 31 heavy (non-hydrogen) atoms. The van der Waals surface area contributed by atoms with Gasteiger partial charge in [0.2, 0.25) is 0 Å². The van der Waals surface area contributed by atoms with E-state index in [0.717, 1.165) is 45.8 Å². The second-order valence-corrected chi connectivity index (χ2v) is 8.38. The van der Waals surface area contributed by atoms with Gasteiger partial charge in [-0.2, -0.15) is 0 Å². The van der Waals surface area contributed by atoms with Crippen LogP contribution in [0.25, 0.3) is 11.4 Å². The average Bonchev–Trinajstić information content (AvgIpc) is 3.12. The van der Waals surface area contributed by atoms with Gasteiger partial charge < -0.3 is 18.9 Å². The SMILES string of the molecule is COc1cc(CN2CCc3c(cc(CBr)cc3-c3nc(C)cn3C)C2=O)cc(OC)c1. The fourth-order valence-corrected chi connectivity index (χ4v) is 4.51. The van der Waals surface area contributed by atoms with Crippen LogP contribution in [0.4, 0.5) is 0 Å². The van der Waals surface area contributed by atoms with Crippen molar-refractivity contribution >= 4 is 21.8 Å². The minimum absolute atomic E-state index is 0.0398. The van der Waals surface area contributed by atoms with Crippen molar-refractivity contribution in [3.05, 3.63) is 64.5 Å². The Hall–Kier alpha value is -2.80. The van der Waals surface area contributed by atoms with Crippen molar-refractivity contribution in [3.8, 4) is 22.9 Å². The van der Waals surface area contributed by atoms with Crippen molar-refractivity contribution in [1.82, 2.24) is 14.5 Å². The lowest BCUT2D eigenvalue weighted by molar-refractivity contribution is 0.0727. The molecule has 0 aliphatic carbocycles. The first-order chi connectivity index (χ1) is 14.9. The zero-order chi connectivity index (χ0) is 22.1. The van der Waals surface area contributed by atoms with Crippen molar-refractivity contribution in [2.75, 3.05) is 20.8 Å². The van der Waals surface area contributed by atoms with Gasteiger partial charge in [-0.05, 0) is 54.3 Å². The van der Waals surface area contributed by atoms with Crippen LogP contribution in [0.3, 0.4) is 0 Å². The van der Waals surface area contributed by atoms with E-state index in [1.54, 1.807) is 14.2 Å². The first kappa shape index (κ1) is 21.4. The number of ether oxygens (including phenoxy) is 2. The molecule has 1 amide bonds. The molecule has 162 valence electrons. The highest BCUT2D eigenvalue weighted by atomic mass is 79.9. The van der Waals surface area contributed by atoms with Crippen molar-refractivity contribution in [2.24, 2.45) is 7.05 Å². The van der Waals surface area contributed by atoms with Gasteiger partial charge in [0.15, 0.2) is 0 Å². The summed E-state index contributed by atoms with van der Waals surface area (Å²) in [6.07, 6.45) is 2.79. The van der Waals surface area contributed by atoms with E-state index in [1.807, 2.05) is 53.9 Å². The third-order valence-electron chi connectivity index (χ3n) is 5.64. The largest absolute Gasteiger partial charge is 0.497 e. The Balaban J connectivity index is 1.71. The standard InChI is InChI=1S/C24H26BrN3O3/c1-15-13-27(2)23(26-15)21-9-16(12-25)10-22-20(21)5-6-28(24(22)29)14-17-7-18(30-3)11-19(8-17)31-4/h7-11,13H,5-6,12,14H2,1-4H3. The number of methoxy groups -OCH3 is 2. The molecule has 1 aliphatic heterocycles. The van der Waals surface area contributed by atoms with Gasteiger partial charge in [0, 0.05) is 48.9 Å². The Morgan fingerprint density at radius 1 is 1.03 bits per heavy atom. The van der Waals surface area contributed by atoms with Crippen LogP contribution < -0.4 is 9.47 Å². The van der Waals surface area contributed by atoms with Gasteiger partial charge in [-0.25, -0.2) is 4.98 Å². The maximum Gasteiger partial charge on any atom is 0.254 e. The average molecular weight is 484 g/mol. The van der Waals surface area contributed by atoms with Crippen LogP contribution in [0.15, 0.2) is 36.5 Å². The van der Waals surface area contributed by atoms with Crippen LogP contribution in [0.5, 0.6) is 11.5 Å². The number of fused-ring (bicyclic) bond motifs is 1. The molecule has 1 aliphatic rings. The van der Waals surface area contributed by atoms with E-state index in [0.29, 0.717) is 29.9 Å². The number of rotatable bonds is 6. The summed E-state index contributed by atoms with van der Waals surface area (Å²) in [6, 6.07) is 9.88. The Bertz CT molecular complexity index is 1120. The van der Waals surface area contributed by atoms with Gasteiger partial charge >= 0.3 is 0 Å². The third kappa shape index (κ3) is 4.19. The molecule has 0 atom stereocenters. The van der Waals surface area contributed by atoms with E-state index in [4.69, 9.17) is 14.5 Å². The third-order valence-corrected chi connectivity index (χ3v) is 6.28. The number of carbonyl (C=O) groups is 1. The summed E-state index contributed by atoms with van der Waals surface area (Å²) in [5.41, 5.74) is 5.87. The lowest BCUT2D eigenvalue weighted by Gasteiger charge is -2.30. The summed E-state index contributed by atoms with van der Waals surface area (Å²) in [6.45, 7) is 3.14. The van der Waals surface area contributed by atoms with E-state index in [2.05, 4.69) is 22.0 Å². The monoisotopic (exact) mass is 483 g/mol. The number of benzene rings is 2. The minimum atomic E-state index is 0.0398. The topological polar surface area (TPSA) is 56.6 Å². The molecule has 0 radical (unpaired) electrons. The normalized spacial score (nSPS) is 13.3.